The number of hydrogen-bond acceptors (Lipinski definition) is 3. The maximum absolute atomic E-state index is 10.9. The molecule has 0 aliphatic rings. The lowest BCUT2D eigenvalue weighted by Gasteiger charge is -2.06. The number of halogens is 1. The summed E-state index contributed by atoms with van der Waals surface area (Å²) in [5.41, 5.74) is 0.714. The third kappa shape index (κ3) is 2.99. The van der Waals surface area contributed by atoms with E-state index in [1.165, 1.54) is 12.1 Å². The van der Waals surface area contributed by atoms with Crippen LogP contribution >= 0.6 is 11.6 Å². The molecule has 1 N–H and O–H groups in total. The number of aromatic nitrogens is 1. The van der Waals surface area contributed by atoms with Gasteiger partial charge in [0.25, 0.3) is 0 Å². The summed E-state index contributed by atoms with van der Waals surface area (Å²) in [4.78, 5) is 15.0. The van der Waals surface area contributed by atoms with E-state index >= 15 is 0 Å². The van der Waals surface area contributed by atoms with Gasteiger partial charge in [0, 0.05) is 16.8 Å². The first kappa shape index (κ1) is 12.4. The van der Waals surface area contributed by atoms with E-state index in [1.54, 1.807) is 31.2 Å². The van der Waals surface area contributed by atoms with Gasteiger partial charge in [0.15, 0.2) is 0 Å². The quantitative estimate of drug-likeness (QED) is 0.920. The molecule has 0 aliphatic heterocycles. The molecule has 18 heavy (non-hydrogen) atoms. The van der Waals surface area contributed by atoms with Crippen LogP contribution < -0.4 is 4.74 Å². The van der Waals surface area contributed by atoms with E-state index in [-0.39, 0.29) is 11.4 Å². The molecule has 0 radical (unpaired) electrons. The van der Waals surface area contributed by atoms with E-state index in [1.807, 2.05) is 0 Å². The van der Waals surface area contributed by atoms with E-state index in [0.717, 1.165) is 0 Å². The van der Waals surface area contributed by atoms with Crippen molar-refractivity contribution in [1.29, 1.82) is 0 Å². The third-order valence-electron chi connectivity index (χ3n) is 2.20. The first-order valence-electron chi connectivity index (χ1n) is 5.20. The number of aryl methyl sites for hydroxylation is 1. The number of nitrogens with zero attached hydrogens (tertiary/aromatic N) is 1. The average Bonchev–Trinajstić information content (AvgIpc) is 2.28. The standard InChI is InChI=1S/C13H10ClNO3/c1-8-5-9(13(16)17)6-12(15-8)18-11-4-2-3-10(14)7-11/h2-7H,1H3,(H,16,17). The number of pyridine rings is 1. The van der Waals surface area contributed by atoms with Crippen molar-refractivity contribution in [2.45, 2.75) is 6.92 Å². The van der Waals surface area contributed by atoms with Crippen LogP contribution in [-0.2, 0) is 0 Å². The molecule has 2 rings (SSSR count). The van der Waals surface area contributed by atoms with Gasteiger partial charge in [0.05, 0.1) is 5.56 Å². The zero-order chi connectivity index (χ0) is 13.1. The molecule has 0 unspecified atom stereocenters. The summed E-state index contributed by atoms with van der Waals surface area (Å²) in [5, 5.41) is 9.48. The summed E-state index contributed by atoms with van der Waals surface area (Å²) in [6.45, 7) is 1.71. The number of ether oxygens (including phenoxy) is 1. The molecule has 0 amide bonds. The van der Waals surface area contributed by atoms with Gasteiger partial charge in [-0.2, -0.15) is 0 Å². The van der Waals surface area contributed by atoms with Crippen LogP contribution in [0.2, 0.25) is 5.02 Å². The molecule has 2 aromatic rings. The number of carboxylic acids is 1. The molecule has 5 heteroatoms. The van der Waals surface area contributed by atoms with Gasteiger partial charge < -0.3 is 9.84 Å². The van der Waals surface area contributed by atoms with Crippen molar-refractivity contribution < 1.29 is 14.6 Å². The topological polar surface area (TPSA) is 59.4 Å². The van der Waals surface area contributed by atoms with Crippen LogP contribution in [0.15, 0.2) is 36.4 Å². The fraction of sp³-hybridized carbons (Fsp3) is 0.0769. The van der Waals surface area contributed by atoms with Crippen LogP contribution in [0.25, 0.3) is 0 Å². The van der Waals surface area contributed by atoms with Gasteiger partial charge in [-0.05, 0) is 31.2 Å². The molecule has 0 atom stereocenters. The maximum Gasteiger partial charge on any atom is 0.335 e. The maximum atomic E-state index is 10.9. The fourth-order valence-corrected chi connectivity index (χ4v) is 1.65. The van der Waals surface area contributed by atoms with Crippen molar-refractivity contribution in [3.8, 4) is 11.6 Å². The van der Waals surface area contributed by atoms with Crippen LogP contribution in [0.3, 0.4) is 0 Å². The van der Waals surface area contributed by atoms with E-state index in [4.69, 9.17) is 21.4 Å². The van der Waals surface area contributed by atoms with E-state index < -0.39 is 5.97 Å². The molecular weight excluding hydrogens is 254 g/mol. The van der Waals surface area contributed by atoms with Crippen molar-refractivity contribution in [2.75, 3.05) is 0 Å². The number of benzene rings is 1. The Balaban J connectivity index is 2.31. The largest absolute Gasteiger partial charge is 0.478 e. The Morgan fingerprint density at radius 1 is 1.33 bits per heavy atom. The predicted octanol–water partition coefficient (Wildman–Crippen LogP) is 3.53. The highest BCUT2D eigenvalue weighted by molar-refractivity contribution is 6.30. The van der Waals surface area contributed by atoms with Crippen LogP contribution in [0.5, 0.6) is 11.6 Å². The van der Waals surface area contributed by atoms with Crippen LogP contribution in [0.4, 0.5) is 0 Å². The first-order valence-corrected chi connectivity index (χ1v) is 5.58. The van der Waals surface area contributed by atoms with Gasteiger partial charge in [-0.3, -0.25) is 0 Å². The summed E-state index contributed by atoms with van der Waals surface area (Å²) in [5.74, 6) is -0.275. The van der Waals surface area contributed by atoms with Crippen molar-refractivity contribution in [1.82, 2.24) is 4.98 Å². The minimum atomic E-state index is -1.02. The Hall–Kier alpha value is -2.07. The summed E-state index contributed by atoms with van der Waals surface area (Å²) in [6.07, 6.45) is 0. The zero-order valence-corrected chi connectivity index (χ0v) is 10.3. The number of carbonyl (C=O) groups is 1. The lowest BCUT2D eigenvalue weighted by Crippen LogP contribution is -1.99. The summed E-state index contributed by atoms with van der Waals surface area (Å²) < 4.78 is 5.47. The number of hydrogen-bond donors (Lipinski definition) is 1. The van der Waals surface area contributed by atoms with Crippen molar-refractivity contribution in [3.63, 3.8) is 0 Å². The van der Waals surface area contributed by atoms with Gasteiger partial charge in [-0.15, -0.1) is 0 Å². The van der Waals surface area contributed by atoms with E-state index in [2.05, 4.69) is 4.98 Å². The molecule has 1 aromatic heterocycles. The van der Waals surface area contributed by atoms with Crippen LogP contribution in [-0.4, -0.2) is 16.1 Å². The molecule has 0 aliphatic carbocycles. The first-order chi connectivity index (χ1) is 8.54. The lowest BCUT2D eigenvalue weighted by molar-refractivity contribution is 0.0696. The van der Waals surface area contributed by atoms with Gasteiger partial charge in [-0.25, -0.2) is 9.78 Å². The summed E-state index contributed by atoms with van der Waals surface area (Å²) in [7, 11) is 0. The Bertz CT molecular complexity index is 599. The van der Waals surface area contributed by atoms with Gasteiger partial charge in [0.1, 0.15) is 5.75 Å². The second-order valence-corrected chi connectivity index (χ2v) is 4.14. The SMILES string of the molecule is Cc1cc(C(=O)O)cc(Oc2cccc(Cl)c2)n1. The molecule has 0 bridgehead atoms. The molecule has 1 heterocycles. The molecule has 0 fully saturated rings. The summed E-state index contributed by atoms with van der Waals surface area (Å²) >= 11 is 5.83. The highest BCUT2D eigenvalue weighted by Crippen LogP contribution is 2.23. The molecule has 1 aromatic carbocycles. The number of carboxylic acid groups (broad SMARTS) is 1. The second kappa shape index (κ2) is 5.06. The molecule has 92 valence electrons. The number of rotatable bonds is 3. The van der Waals surface area contributed by atoms with Crippen molar-refractivity contribution >= 4 is 17.6 Å². The van der Waals surface area contributed by atoms with Gasteiger partial charge in [0.2, 0.25) is 5.88 Å². The minimum absolute atomic E-state index is 0.138. The Kier molecular flexibility index (Phi) is 3.48. The Morgan fingerprint density at radius 3 is 2.78 bits per heavy atom. The molecule has 4 nitrogen and oxygen atoms in total. The highest BCUT2D eigenvalue weighted by atomic mass is 35.5. The normalized spacial score (nSPS) is 10.1. The Labute approximate surface area is 109 Å². The lowest BCUT2D eigenvalue weighted by atomic mass is 10.2. The third-order valence-corrected chi connectivity index (χ3v) is 2.43. The zero-order valence-electron chi connectivity index (χ0n) is 9.55. The van der Waals surface area contributed by atoms with Gasteiger partial charge in [-0.1, -0.05) is 17.7 Å². The average molecular weight is 264 g/mol. The molecular formula is C13H10ClNO3. The van der Waals surface area contributed by atoms with E-state index in [9.17, 15) is 4.79 Å². The smallest absolute Gasteiger partial charge is 0.335 e. The minimum Gasteiger partial charge on any atom is -0.478 e. The van der Waals surface area contributed by atoms with Crippen molar-refractivity contribution in [3.05, 3.63) is 52.7 Å². The number of aromatic carboxylic acids is 1. The highest BCUT2D eigenvalue weighted by Gasteiger charge is 2.08. The molecule has 0 spiro atoms. The molecule has 0 saturated carbocycles. The fourth-order valence-electron chi connectivity index (χ4n) is 1.47. The second-order valence-electron chi connectivity index (χ2n) is 3.70. The monoisotopic (exact) mass is 263 g/mol. The van der Waals surface area contributed by atoms with Crippen LogP contribution in [0.1, 0.15) is 16.1 Å². The Morgan fingerprint density at radius 2 is 2.11 bits per heavy atom. The summed E-state index contributed by atoms with van der Waals surface area (Å²) in [6, 6.07) is 9.66. The predicted molar refractivity (Wildman–Crippen MR) is 67.5 cm³/mol. The van der Waals surface area contributed by atoms with Crippen molar-refractivity contribution in [2.24, 2.45) is 0 Å². The molecule has 0 saturated heterocycles. The van der Waals surface area contributed by atoms with E-state index in [0.29, 0.717) is 16.5 Å². The van der Waals surface area contributed by atoms with Crippen LogP contribution in [0, 0.1) is 6.92 Å². The van der Waals surface area contributed by atoms with Gasteiger partial charge >= 0.3 is 5.97 Å².